The number of nitrogens with zero attached hydrogens (tertiary/aromatic N) is 3. The molecule has 2 aliphatic heterocycles. The molecule has 3 heterocycles. The van der Waals surface area contributed by atoms with Crippen LogP contribution in [0.2, 0.25) is 0 Å². The highest BCUT2D eigenvalue weighted by molar-refractivity contribution is 6.09. The number of hydroxylamine groups is 1. The van der Waals surface area contributed by atoms with Crippen molar-refractivity contribution in [1.29, 1.82) is 0 Å². The molecule has 0 spiro atoms. The summed E-state index contributed by atoms with van der Waals surface area (Å²) in [5, 5.41) is 19.0. The lowest BCUT2D eigenvalue weighted by Crippen LogP contribution is -2.44. The summed E-state index contributed by atoms with van der Waals surface area (Å²) in [4.78, 5) is 29.3. The van der Waals surface area contributed by atoms with E-state index >= 15 is 0 Å². The molecule has 2 amide bonds. The van der Waals surface area contributed by atoms with E-state index in [1.807, 2.05) is 4.90 Å². The van der Waals surface area contributed by atoms with Gasteiger partial charge in [0, 0.05) is 60.8 Å². The van der Waals surface area contributed by atoms with Crippen molar-refractivity contribution in [3.63, 3.8) is 0 Å². The average molecular weight is 481 g/mol. The number of halogens is 1. The highest BCUT2D eigenvalue weighted by Crippen LogP contribution is 2.32. The molecule has 1 fully saturated rings. The zero-order valence-corrected chi connectivity index (χ0v) is 19.4. The molecule has 1 saturated heterocycles. The molecule has 5 rings (SSSR count). The van der Waals surface area contributed by atoms with E-state index < -0.39 is 5.91 Å². The molecule has 8 nitrogen and oxygen atoms in total. The maximum absolute atomic E-state index is 14.2. The molecule has 0 saturated carbocycles. The first-order chi connectivity index (χ1) is 17.0. The molecule has 9 heteroatoms. The predicted molar refractivity (Wildman–Crippen MR) is 128 cm³/mol. The summed E-state index contributed by atoms with van der Waals surface area (Å²) < 4.78 is 16.3. The van der Waals surface area contributed by atoms with Crippen molar-refractivity contribution < 1.29 is 24.3 Å². The van der Waals surface area contributed by atoms with Crippen molar-refractivity contribution in [2.24, 2.45) is 0 Å². The van der Waals surface area contributed by atoms with E-state index in [0.29, 0.717) is 49.1 Å². The van der Waals surface area contributed by atoms with Crippen molar-refractivity contribution in [1.82, 2.24) is 19.8 Å². The maximum Gasteiger partial charge on any atom is 0.274 e. The van der Waals surface area contributed by atoms with Crippen molar-refractivity contribution in [2.75, 3.05) is 32.8 Å². The summed E-state index contributed by atoms with van der Waals surface area (Å²) in [7, 11) is 0. The van der Waals surface area contributed by atoms with E-state index in [2.05, 4.69) is 9.47 Å². The summed E-state index contributed by atoms with van der Waals surface area (Å²) in [5.41, 5.74) is 5.12. The molecular formula is C26H29FN4O4. The van der Waals surface area contributed by atoms with Crippen LogP contribution in [0, 0.1) is 5.82 Å². The zero-order chi connectivity index (χ0) is 24.5. The van der Waals surface area contributed by atoms with Gasteiger partial charge in [-0.05, 0) is 55.3 Å². The van der Waals surface area contributed by atoms with Crippen LogP contribution in [0.3, 0.4) is 0 Å². The summed E-state index contributed by atoms with van der Waals surface area (Å²) in [6, 6.07) is 11.6. The second-order valence-corrected chi connectivity index (χ2v) is 9.26. The third-order valence-electron chi connectivity index (χ3n) is 7.28. The lowest BCUT2D eigenvalue weighted by atomic mass is 10.0. The molecule has 184 valence electrons. The first-order valence-electron chi connectivity index (χ1n) is 12.0. The monoisotopic (exact) mass is 480 g/mol. The van der Waals surface area contributed by atoms with Gasteiger partial charge in [0.15, 0.2) is 0 Å². The van der Waals surface area contributed by atoms with E-state index in [4.69, 9.17) is 5.21 Å². The number of nitrogens with one attached hydrogen (secondary N) is 1. The number of aromatic nitrogens is 1. The van der Waals surface area contributed by atoms with Gasteiger partial charge >= 0.3 is 0 Å². The van der Waals surface area contributed by atoms with Gasteiger partial charge in [0.2, 0.25) is 0 Å². The van der Waals surface area contributed by atoms with Crippen molar-refractivity contribution in [2.45, 2.75) is 31.8 Å². The van der Waals surface area contributed by atoms with E-state index in [9.17, 15) is 19.1 Å². The van der Waals surface area contributed by atoms with E-state index in [1.165, 1.54) is 12.1 Å². The number of hydrogen-bond donors (Lipinski definition) is 3. The average Bonchev–Trinajstić information content (AvgIpc) is 3.46. The number of benzene rings is 2. The standard InChI is InChI=1S/C26H29FN4O4/c27-19-7-8-22-21(14-19)24-23(31(22)15-17-3-5-18(6-4-17)25(33)28-35)9-11-30(26(24)34)13-12-29-10-1-2-20(29)16-32/h3-8,14,20,32,35H,1-2,9-13,15-16H2,(H,28,33)/t20-/m1/s1. The Balaban J connectivity index is 1.43. The highest BCUT2D eigenvalue weighted by atomic mass is 19.1. The molecule has 0 bridgehead atoms. The van der Waals surface area contributed by atoms with Crippen LogP contribution in [-0.2, 0) is 13.0 Å². The molecule has 2 aromatic carbocycles. The minimum atomic E-state index is -0.583. The molecule has 0 radical (unpaired) electrons. The van der Waals surface area contributed by atoms with Gasteiger partial charge in [-0.15, -0.1) is 0 Å². The molecule has 2 aliphatic rings. The van der Waals surface area contributed by atoms with Crippen LogP contribution in [0.1, 0.15) is 44.8 Å². The molecule has 0 unspecified atom stereocenters. The van der Waals surface area contributed by atoms with Crippen LogP contribution < -0.4 is 5.48 Å². The number of likely N-dealkylation sites (tertiary alicyclic amines) is 1. The van der Waals surface area contributed by atoms with Crippen LogP contribution in [0.15, 0.2) is 42.5 Å². The van der Waals surface area contributed by atoms with Crippen molar-refractivity contribution in [3.8, 4) is 0 Å². The number of fused-ring (bicyclic) bond motifs is 3. The Morgan fingerprint density at radius 1 is 1.11 bits per heavy atom. The van der Waals surface area contributed by atoms with Gasteiger partial charge in [0.05, 0.1) is 12.2 Å². The van der Waals surface area contributed by atoms with E-state index in [1.54, 1.807) is 35.8 Å². The number of aliphatic hydroxyl groups is 1. The summed E-state index contributed by atoms with van der Waals surface area (Å²) in [5.74, 6) is -1.05. The second kappa shape index (κ2) is 9.77. The smallest absolute Gasteiger partial charge is 0.274 e. The number of hydrogen-bond acceptors (Lipinski definition) is 5. The minimum Gasteiger partial charge on any atom is -0.395 e. The Morgan fingerprint density at radius 3 is 2.66 bits per heavy atom. The molecule has 1 aromatic heterocycles. The molecule has 3 N–H and O–H groups in total. The van der Waals surface area contributed by atoms with E-state index in [-0.39, 0.29) is 24.4 Å². The third kappa shape index (κ3) is 4.42. The fourth-order valence-corrected chi connectivity index (χ4v) is 5.43. The summed E-state index contributed by atoms with van der Waals surface area (Å²) >= 11 is 0. The largest absolute Gasteiger partial charge is 0.395 e. The number of carbonyl (C=O) groups excluding carboxylic acids is 2. The van der Waals surface area contributed by atoms with Gasteiger partial charge in [-0.25, -0.2) is 9.87 Å². The van der Waals surface area contributed by atoms with Crippen LogP contribution in [0.4, 0.5) is 4.39 Å². The summed E-state index contributed by atoms with van der Waals surface area (Å²) in [6.07, 6.45) is 2.69. The number of aliphatic hydroxyl groups excluding tert-OH is 1. The molecular weight excluding hydrogens is 451 g/mol. The molecule has 0 aliphatic carbocycles. The summed E-state index contributed by atoms with van der Waals surface area (Å²) in [6.45, 7) is 3.41. The van der Waals surface area contributed by atoms with Gasteiger partial charge < -0.3 is 14.6 Å². The lowest BCUT2D eigenvalue weighted by Gasteiger charge is -2.31. The second-order valence-electron chi connectivity index (χ2n) is 9.26. The Hall–Kier alpha value is -3.27. The first-order valence-corrected chi connectivity index (χ1v) is 12.0. The van der Waals surface area contributed by atoms with Gasteiger partial charge in [0.1, 0.15) is 5.82 Å². The third-order valence-corrected chi connectivity index (χ3v) is 7.28. The Morgan fingerprint density at radius 2 is 1.91 bits per heavy atom. The molecule has 3 aromatic rings. The molecule has 35 heavy (non-hydrogen) atoms. The number of rotatable bonds is 7. The maximum atomic E-state index is 14.2. The van der Waals surface area contributed by atoms with Crippen LogP contribution >= 0.6 is 0 Å². The lowest BCUT2D eigenvalue weighted by molar-refractivity contribution is 0.0698. The van der Waals surface area contributed by atoms with Crippen molar-refractivity contribution >= 4 is 22.7 Å². The van der Waals surface area contributed by atoms with Crippen LogP contribution in [0.5, 0.6) is 0 Å². The normalized spacial score (nSPS) is 18.3. The topological polar surface area (TPSA) is 98.0 Å². The molecule has 1 atom stereocenters. The predicted octanol–water partition coefficient (Wildman–Crippen LogP) is 2.40. The van der Waals surface area contributed by atoms with Crippen LogP contribution in [0.25, 0.3) is 10.9 Å². The zero-order valence-electron chi connectivity index (χ0n) is 19.4. The Bertz CT molecular complexity index is 1260. The minimum absolute atomic E-state index is 0.0877. The van der Waals surface area contributed by atoms with Gasteiger partial charge in [-0.2, -0.15) is 0 Å². The van der Waals surface area contributed by atoms with Gasteiger partial charge in [-0.3, -0.25) is 19.7 Å². The number of carbonyl (C=O) groups is 2. The SMILES string of the molecule is O=C(NO)c1ccc(Cn2c3c(c4cc(F)ccc42)C(=O)N(CCN2CCC[C@@H]2CO)CC3)cc1. The van der Waals surface area contributed by atoms with Crippen LogP contribution in [-0.4, -0.2) is 75.3 Å². The fraction of sp³-hybridized carbons (Fsp3) is 0.385. The quantitative estimate of drug-likeness (QED) is 0.356. The highest BCUT2D eigenvalue weighted by Gasteiger charge is 2.32. The number of amides is 2. The van der Waals surface area contributed by atoms with Crippen molar-refractivity contribution in [3.05, 3.63) is 70.7 Å². The fourth-order valence-electron chi connectivity index (χ4n) is 5.43. The van der Waals surface area contributed by atoms with Gasteiger partial charge in [0.25, 0.3) is 11.8 Å². The first kappa shape index (κ1) is 23.5. The Labute approximate surface area is 202 Å². The Kier molecular flexibility index (Phi) is 6.55. The van der Waals surface area contributed by atoms with E-state index in [0.717, 1.165) is 36.2 Å². The van der Waals surface area contributed by atoms with Gasteiger partial charge in [-0.1, -0.05) is 12.1 Å².